The van der Waals surface area contributed by atoms with Crippen LogP contribution in [0, 0.1) is 6.92 Å². The van der Waals surface area contributed by atoms with Gasteiger partial charge in [-0.3, -0.25) is 0 Å². The summed E-state index contributed by atoms with van der Waals surface area (Å²) in [6.07, 6.45) is 1.25. The van der Waals surface area contributed by atoms with Crippen LogP contribution in [0.1, 0.15) is 23.0 Å². The Labute approximate surface area is 82.8 Å². The lowest BCUT2D eigenvalue weighted by atomic mass is 10.1. The molecule has 1 saturated heterocycles. The predicted molar refractivity (Wildman–Crippen MR) is 54.3 cm³/mol. The third-order valence-corrected chi connectivity index (χ3v) is 2.91. The monoisotopic (exact) mass is 204 g/mol. The molecule has 1 aliphatic heterocycles. The van der Waals surface area contributed by atoms with Crippen LogP contribution in [-0.2, 0) is 0 Å². The molecule has 0 radical (unpaired) electrons. The molecule has 4 heteroatoms. The van der Waals surface area contributed by atoms with Crippen molar-refractivity contribution in [1.82, 2.24) is 10.3 Å². The van der Waals surface area contributed by atoms with E-state index in [1.165, 1.54) is 17.1 Å². The number of nitrogens with zero attached hydrogens (tertiary/aromatic N) is 1. The average Bonchev–Trinajstić information content (AvgIpc) is 2.55. The van der Waals surface area contributed by atoms with E-state index < -0.39 is 0 Å². The van der Waals surface area contributed by atoms with Crippen LogP contribution in [0.15, 0.2) is 5.38 Å². The van der Waals surface area contributed by atoms with Gasteiger partial charge in [0.05, 0.1) is 10.7 Å². The van der Waals surface area contributed by atoms with E-state index in [-0.39, 0.29) is 12.4 Å². The van der Waals surface area contributed by atoms with Crippen molar-refractivity contribution in [2.45, 2.75) is 19.3 Å². The van der Waals surface area contributed by atoms with Gasteiger partial charge in [-0.15, -0.1) is 23.7 Å². The zero-order valence-corrected chi connectivity index (χ0v) is 8.67. The normalized spacial score (nSPS) is 22.2. The number of hydrogen-bond acceptors (Lipinski definition) is 3. The number of aromatic nitrogens is 1. The lowest BCUT2D eigenvalue weighted by Crippen LogP contribution is -2.08. The summed E-state index contributed by atoms with van der Waals surface area (Å²) in [6, 6.07) is 0. The zero-order chi connectivity index (χ0) is 7.68. The van der Waals surface area contributed by atoms with Crippen LogP contribution < -0.4 is 5.32 Å². The Morgan fingerprint density at radius 3 is 3.00 bits per heavy atom. The maximum atomic E-state index is 4.47. The molecule has 1 unspecified atom stereocenters. The minimum atomic E-state index is 0. The number of hydrogen-bond donors (Lipinski definition) is 1. The Bertz CT molecular complexity index is 243. The van der Waals surface area contributed by atoms with Crippen molar-refractivity contribution in [2.24, 2.45) is 0 Å². The highest BCUT2D eigenvalue weighted by Crippen LogP contribution is 2.23. The molecule has 0 bridgehead atoms. The second-order valence-corrected chi connectivity index (χ2v) is 4.04. The van der Waals surface area contributed by atoms with Crippen molar-refractivity contribution in [3.8, 4) is 0 Å². The molecule has 1 N–H and O–H groups in total. The molecule has 0 aromatic carbocycles. The minimum absolute atomic E-state index is 0. The van der Waals surface area contributed by atoms with E-state index in [2.05, 4.69) is 22.6 Å². The lowest BCUT2D eigenvalue weighted by Gasteiger charge is -2.01. The van der Waals surface area contributed by atoms with Crippen molar-refractivity contribution >= 4 is 23.7 Å². The van der Waals surface area contributed by atoms with E-state index in [0.717, 1.165) is 13.1 Å². The Kier molecular flexibility index (Phi) is 3.50. The first-order chi connectivity index (χ1) is 5.36. The predicted octanol–water partition coefficient (Wildman–Crippen LogP) is 1.95. The summed E-state index contributed by atoms with van der Waals surface area (Å²) in [4.78, 5) is 4.47. The third-order valence-electron chi connectivity index (χ3n) is 2.12. The number of rotatable bonds is 1. The van der Waals surface area contributed by atoms with Crippen LogP contribution in [0.4, 0.5) is 0 Å². The maximum absolute atomic E-state index is 4.47. The molecule has 1 aromatic rings. The van der Waals surface area contributed by atoms with E-state index in [4.69, 9.17) is 0 Å². The van der Waals surface area contributed by atoms with Gasteiger partial charge in [0.2, 0.25) is 0 Å². The molecule has 0 aliphatic carbocycles. The molecule has 0 saturated carbocycles. The van der Waals surface area contributed by atoms with Crippen molar-refractivity contribution in [3.05, 3.63) is 16.1 Å². The smallest absolute Gasteiger partial charge is 0.0897 e. The first-order valence-corrected chi connectivity index (χ1v) is 4.87. The zero-order valence-electron chi connectivity index (χ0n) is 7.04. The molecule has 1 atom stereocenters. The van der Waals surface area contributed by atoms with E-state index in [0.29, 0.717) is 5.92 Å². The molecular formula is C8H13ClN2S. The molecule has 1 aliphatic rings. The quantitative estimate of drug-likeness (QED) is 0.757. The van der Waals surface area contributed by atoms with Gasteiger partial charge in [0, 0.05) is 17.8 Å². The first-order valence-electron chi connectivity index (χ1n) is 3.99. The van der Waals surface area contributed by atoms with Gasteiger partial charge < -0.3 is 5.32 Å². The van der Waals surface area contributed by atoms with Gasteiger partial charge in [-0.05, 0) is 19.9 Å². The third kappa shape index (κ3) is 1.97. The standard InChI is InChI=1S/C8H12N2S.ClH/c1-6-10-8(5-11-6)7-2-3-9-4-7;/h5,7,9H,2-4H2,1H3;1H. The summed E-state index contributed by atoms with van der Waals surface area (Å²) in [7, 11) is 0. The fourth-order valence-corrected chi connectivity index (χ4v) is 2.17. The van der Waals surface area contributed by atoms with Gasteiger partial charge in [0.15, 0.2) is 0 Å². The Morgan fingerprint density at radius 1 is 1.67 bits per heavy atom. The van der Waals surface area contributed by atoms with Crippen LogP contribution in [0.3, 0.4) is 0 Å². The van der Waals surface area contributed by atoms with Gasteiger partial charge in [-0.1, -0.05) is 0 Å². The highest BCUT2D eigenvalue weighted by atomic mass is 35.5. The van der Waals surface area contributed by atoms with Crippen LogP contribution in [0.5, 0.6) is 0 Å². The van der Waals surface area contributed by atoms with Crippen molar-refractivity contribution < 1.29 is 0 Å². The van der Waals surface area contributed by atoms with E-state index in [9.17, 15) is 0 Å². The van der Waals surface area contributed by atoms with Crippen molar-refractivity contribution in [2.75, 3.05) is 13.1 Å². The molecule has 12 heavy (non-hydrogen) atoms. The molecule has 1 fully saturated rings. The first kappa shape index (κ1) is 9.96. The van der Waals surface area contributed by atoms with Crippen LogP contribution in [-0.4, -0.2) is 18.1 Å². The highest BCUT2D eigenvalue weighted by molar-refractivity contribution is 7.09. The highest BCUT2D eigenvalue weighted by Gasteiger charge is 2.18. The summed E-state index contributed by atoms with van der Waals surface area (Å²) in [5, 5.41) is 6.72. The Balaban J connectivity index is 0.000000720. The van der Waals surface area contributed by atoms with E-state index in [1.807, 2.05) is 0 Å². The van der Waals surface area contributed by atoms with Gasteiger partial charge in [-0.25, -0.2) is 4.98 Å². The second-order valence-electron chi connectivity index (χ2n) is 2.98. The molecule has 0 spiro atoms. The lowest BCUT2D eigenvalue weighted by molar-refractivity contribution is 0.739. The molecule has 2 nitrogen and oxygen atoms in total. The van der Waals surface area contributed by atoms with Crippen molar-refractivity contribution in [3.63, 3.8) is 0 Å². The van der Waals surface area contributed by atoms with E-state index in [1.54, 1.807) is 11.3 Å². The molecule has 0 amide bonds. The summed E-state index contributed by atoms with van der Waals surface area (Å²) < 4.78 is 0. The summed E-state index contributed by atoms with van der Waals surface area (Å²) in [6.45, 7) is 4.33. The van der Waals surface area contributed by atoms with Gasteiger partial charge in [0.1, 0.15) is 0 Å². The van der Waals surface area contributed by atoms with Crippen LogP contribution >= 0.6 is 23.7 Å². The largest absolute Gasteiger partial charge is 0.316 e. The Morgan fingerprint density at radius 2 is 2.50 bits per heavy atom. The molecule has 2 heterocycles. The van der Waals surface area contributed by atoms with Gasteiger partial charge >= 0.3 is 0 Å². The minimum Gasteiger partial charge on any atom is -0.316 e. The molecular weight excluding hydrogens is 192 g/mol. The number of thiazole rings is 1. The molecule has 2 rings (SSSR count). The number of halogens is 1. The average molecular weight is 205 g/mol. The Hall–Kier alpha value is -0.120. The topological polar surface area (TPSA) is 24.9 Å². The van der Waals surface area contributed by atoms with Gasteiger partial charge in [0.25, 0.3) is 0 Å². The summed E-state index contributed by atoms with van der Waals surface area (Å²) >= 11 is 1.75. The molecule has 68 valence electrons. The fourth-order valence-electron chi connectivity index (χ4n) is 1.47. The molecule has 1 aromatic heterocycles. The number of nitrogens with one attached hydrogen (secondary N) is 1. The van der Waals surface area contributed by atoms with Crippen LogP contribution in [0.25, 0.3) is 0 Å². The second kappa shape index (κ2) is 4.21. The fraction of sp³-hybridized carbons (Fsp3) is 0.625. The SMILES string of the molecule is Cc1nc(C2CCNC2)cs1.Cl. The van der Waals surface area contributed by atoms with Gasteiger partial charge in [-0.2, -0.15) is 0 Å². The van der Waals surface area contributed by atoms with Crippen LogP contribution in [0.2, 0.25) is 0 Å². The summed E-state index contributed by atoms with van der Waals surface area (Å²) in [5.41, 5.74) is 1.29. The van der Waals surface area contributed by atoms with Crippen molar-refractivity contribution in [1.29, 1.82) is 0 Å². The van der Waals surface area contributed by atoms with E-state index >= 15 is 0 Å². The maximum Gasteiger partial charge on any atom is 0.0897 e. The summed E-state index contributed by atoms with van der Waals surface area (Å²) in [5.74, 6) is 0.681. The number of aryl methyl sites for hydroxylation is 1.